The Morgan fingerprint density at radius 1 is 1.48 bits per heavy atom. The Hall–Kier alpha value is -2.13. The van der Waals surface area contributed by atoms with E-state index < -0.39 is 0 Å². The number of hydrogen-bond donors (Lipinski definition) is 0. The van der Waals surface area contributed by atoms with Gasteiger partial charge in [-0.25, -0.2) is 4.98 Å². The van der Waals surface area contributed by atoms with Crippen molar-refractivity contribution in [2.24, 2.45) is 0 Å². The van der Waals surface area contributed by atoms with Gasteiger partial charge in [-0.3, -0.25) is 0 Å². The molecule has 3 rings (SSSR count). The average Bonchev–Trinajstić information content (AvgIpc) is 3.05. The maximum Gasteiger partial charge on any atom is 0.229 e. The van der Waals surface area contributed by atoms with E-state index >= 15 is 0 Å². The molecule has 2 aromatic rings. The lowest BCUT2D eigenvalue weighted by atomic mass is 9.97. The molecule has 6 nitrogen and oxygen atoms in total. The number of rotatable bonds is 3. The van der Waals surface area contributed by atoms with E-state index in [0.717, 1.165) is 31.8 Å². The van der Waals surface area contributed by atoms with Gasteiger partial charge in [-0.1, -0.05) is 30.6 Å². The molecule has 1 aliphatic heterocycles. The molecule has 120 valence electrons. The molecule has 0 saturated carbocycles. The van der Waals surface area contributed by atoms with Crippen molar-refractivity contribution in [3.05, 3.63) is 34.6 Å². The summed E-state index contributed by atoms with van der Waals surface area (Å²) >= 11 is 6.28. The highest BCUT2D eigenvalue weighted by Crippen LogP contribution is 2.32. The molecule has 0 bridgehead atoms. The molecule has 7 heteroatoms. The molecule has 1 saturated heterocycles. The van der Waals surface area contributed by atoms with Crippen LogP contribution in [-0.4, -0.2) is 28.2 Å². The van der Waals surface area contributed by atoms with Gasteiger partial charge in [-0.15, -0.1) is 0 Å². The SMILES string of the molecule is CC(C)c1nc([C@@H]2CCCN(c3ncc(C#N)cc3Cl)C2)no1. The smallest absolute Gasteiger partial charge is 0.229 e. The summed E-state index contributed by atoms with van der Waals surface area (Å²) in [6.07, 6.45) is 3.58. The van der Waals surface area contributed by atoms with Gasteiger partial charge in [0.05, 0.1) is 10.6 Å². The van der Waals surface area contributed by atoms with Gasteiger partial charge in [0.2, 0.25) is 5.89 Å². The second-order valence-electron chi connectivity index (χ2n) is 6.07. The Labute approximate surface area is 140 Å². The lowest BCUT2D eigenvalue weighted by molar-refractivity contribution is 0.354. The molecule has 0 aliphatic carbocycles. The summed E-state index contributed by atoms with van der Waals surface area (Å²) in [6.45, 7) is 5.69. The van der Waals surface area contributed by atoms with Crippen molar-refractivity contribution in [3.8, 4) is 6.07 Å². The predicted molar refractivity (Wildman–Crippen MR) is 86.5 cm³/mol. The number of nitrogens with zero attached hydrogens (tertiary/aromatic N) is 5. The summed E-state index contributed by atoms with van der Waals surface area (Å²) in [5.74, 6) is 2.57. The number of halogens is 1. The van der Waals surface area contributed by atoms with Crippen LogP contribution in [0.1, 0.15) is 55.8 Å². The molecular formula is C16H18ClN5O. The van der Waals surface area contributed by atoms with Crippen molar-refractivity contribution >= 4 is 17.4 Å². The normalized spacial score (nSPS) is 18.2. The van der Waals surface area contributed by atoms with Crippen LogP contribution in [0.2, 0.25) is 5.02 Å². The molecule has 0 aromatic carbocycles. The van der Waals surface area contributed by atoms with Crippen molar-refractivity contribution in [1.29, 1.82) is 5.26 Å². The first-order chi connectivity index (χ1) is 11.1. The van der Waals surface area contributed by atoms with Crippen LogP contribution < -0.4 is 4.90 Å². The first kappa shape index (κ1) is 15.8. The van der Waals surface area contributed by atoms with E-state index in [9.17, 15) is 0 Å². The van der Waals surface area contributed by atoms with E-state index in [2.05, 4.69) is 20.0 Å². The number of piperidine rings is 1. The third kappa shape index (κ3) is 3.30. The molecule has 1 aliphatic rings. The van der Waals surface area contributed by atoms with E-state index in [4.69, 9.17) is 21.4 Å². The Kier molecular flexibility index (Phi) is 4.49. The molecule has 0 unspecified atom stereocenters. The fraction of sp³-hybridized carbons (Fsp3) is 0.500. The third-order valence-corrected chi connectivity index (χ3v) is 4.27. The largest absolute Gasteiger partial charge is 0.355 e. The van der Waals surface area contributed by atoms with E-state index in [-0.39, 0.29) is 11.8 Å². The highest BCUT2D eigenvalue weighted by molar-refractivity contribution is 6.33. The first-order valence-corrected chi connectivity index (χ1v) is 8.10. The van der Waals surface area contributed by atoms with Gasteiger partial charge < -0.3 is 9.42 Å². The Balaban J connectivity index is 1.79. The first-order valence-electron chi connectivity index (χ1n) is 7.72. The summed E-state index contributed by atoms with van der Waals surface area (Å²) in [4.78, 5) is 11.0. The molecule has 23 heavy (non-hydrogen) atoms. The topological polar surface area (TPSA) is 78.8 Å². The van der Waals surface area contributed by atoms with Crippen LogP contribution in [0.15, 0.2) is 16.8 Å². The lowest BCUT2D eigenvalue weighted by Crippen LogP contribution is -2.35. The second-order valence-corrected chi connectivity index (χ2v) is 6.48. The summed E-state index contributed by atoms with van der Waals surface area (Å²) in [6, 6.07) is 3.70. The zero-order valence-corrected chi connectivity index (χ0v) is 13.9. The van der Waals surface area contributed by atoms with Crippen LogP contribution in [0, 0.1) is 11.3 Å². The zero-order chi connectivity index (χ0) is 16.4. The van der Waals surface area contributed by atoms with Crippen LogP contribution in [0.25, 0.3) is 0 Å². The van der Waals surface area contributed by atoms with Crippen LogP contribution in [0.5, 0.6) is 0 Å². The number of nitriles is 1. The molecule has 1 atom stereocenters. The van der Waals surface area contributed by atoms with Crippen molar-refractivity contribution in [3.63, 3.8) is 0 Å². The number of aromatic nitrogens is 3. The Bertz CT molecular complexity index is 736. The molecule has 1 fully saturated rings. The van der Waals surface area contributed by atoms with E-state index in [1.165, 1.54) is 0 Å². The van der Waals surface area contributed by atoms with Crippen LogP contribution in [0.4, 0.5) is 5.82 Å². The van der Waals surface area contributed by atoms with E-state index in [1.54, 1.807) is 12.3 Å². The maximum absolute atomic E-state index is 8.91. The molecule has 0 N–H and O–H groups in total. The van der Waals surface area contributed by atoms with Crippen LogP contribution >= 0.6 is 11.6 Å². The van der Waals surface area contributed by atoms with Crippen molar-refractivity contribution in [2.75, 3.05) is 18.0 Å². The zero-order valence-electron chi connectivity index (χ0n) is 13.2. The standard InChI is InChI=1S/C16H18ClN5O/c1-10(2)16-20-14(21-23-16)12-4-3-5-22(9-12)15-13(17)6-11(7-18)8-19-15/h6,8,10,12H,3-5,9H2,1-2H3/t12-/m1/s1. The van der Waals surface area contributed by atoms with Crippen LogP contribution in [-0.2, 0) is 0 Å². The van der Waals surface area contributed by atoms with Gasteiger partial charge >= 0.3 is 0 Å². The minimum atomic E-state index is 0.202. The highest BCUT2D eigenvalue weighted by atomic mass is 35.5. The predicted octanol–water partition coefficient (Wildman–Crippen LogP) is 3.50. The molecule has 0 radical (unpaired) electrons. The fourth-order valence-corrected chi connectivity index (χ4v) is 3.04. The summed E-state index contributed by atoms with van der Waals surface area (Å²) in [5, 5.41) is 13.5. The minimum absolute atomic E-state index is 0.202. The average molecular weight is 332 g/mol. The maximum atomic E-state index is 8.91. The molecule has 0 amide bonds. The lowest BCUT2D eigenvalue weighted by Gasteiger charge is -2.32. The number of pyridine rings is 1. The Morgan fingerprint density at radius 2 is 2.30 bits per heavy atom. The fourth-order valence-electron chi connectivity index (χ4n) is 2.75. The van der Waals surface area contributed by atoms with Gasteiger partial charge in [-0.2, -0.15) is 10.2 Å². The van der Waals surface area contributed by atoms with Gasteiger partial charge in [0.1, 0.15) is 11.9 Å². The third-order valence-electron chi connectivity index (χ3n) is 3.99. The van der Waals surface area contributed by atoms with Crippen molar-refractivity contribution in [2.45, 2.75) is 38.5 Å². The van der Waals surface area contributed by atoms with Gasteiger partial charge in [0.25, 0.3) is 0 Å². The quantitative estimate of drug-likeness (QED) is 0.856. The monoisotopic (exact) mass is 331 g/mol. The minimum Gasteiger partial charge on any atom is -0.355 e. The van der Waals surface area contributed by atoms with E-state index in [0.29, 0.717) is 22.3 Å². The highest BCUT2D eigenvalue weighted by Gasteiger charge is 2.27. The second kappa shape index (κ2) is 6.55. The number of hydrogen-bond acceptors (Lipinski definition) is 6. The summed E-state index contributed by atoms with van der Waals surface area (Å²) in [7, 11) is 0. The Morgan fingerprint density at radius 3 is 2.96 bits per heavy atom. The van der Waals surface area contributed by atoms with Gasteiger partial charge in [0.15, 0.2) is 5.82 Å². The van der Waals surface area contributed by atoms with Crippen molar-refractivity contribution in [1.82, 2.24) is 15.1 Å². The van der Waals surface area contributed by atoms with E-state index in [1.807, 2.05) is 19.9 Å². The van der Waals surface area contributed by atoms with Gasteiger partial charge in [0, 0.05) is 31.1 Å². The molecule has 3 heterocycles. The van der Waals surface area contributed by atoms with Gasteiger partial charge in [-0.05, 0) is 18.9 Å². The summed E-state index contributed by atoms with van der Waals surface area (Å²) < 4.78 is 5.32. The number of anilines is 1. The molecule has 0 spiro atoms. The van der Waals surface area contributed by atoms with Crippen molar-refractivity contribution < 1.29 is 4.52 Å². The molecular weight excluding hydrogens is 314 g/mol. The molecule has 2 aromatic heterocycles. The summed E-state index contributed by atoms with van der Waals surface area (Å²) in [5.41, 5.74) is 0.465. The van der Waals surface area contributed by atoms with Crippen LogP contribution in [0.3, 0.4) is 0 Å².